The zero-order chi connectivity index (χ0) is 16.0. The molecule has 0 aromatic heterocycles. The van der Waals surface area contributed by atoms with E-state index in [1.807, 2.05) is 6.92 Å². The van der Waals surface area contributed by atoms with E-state index < -0.39 is 15.9 Å². The molecular formula is C14H22N2O4S. The molecule has 0 aliphatic heterocycles. The highest BCUT2D eigenvalue weighted by Gasteiger charge is 2.16. The van der Waals surface area contributed by atoms with E-state index >= 15 is 0 Å². The van der Waals surface area contributed by atoms with Gasteiger partial charge in [0.15, 0.2) is 9.84 Å². The van der Waals surface area contributed by atoms with Crippen LogP contribution >= 0.6 is 0 Å². The van der Waals surface area contributed by atoms with Gasteiger partial charge in [0.25, 0.3) is 0 Å². The molecule has 3 N–H and O–H groups in total. The number of amides is 1. The minimum absolute atomic E-state index is 0.250. The Morgan fingerprint density at radius 2 is 1.90 bits per heavy atom. The molecule has 0 aliphatic carbocycles. The van der Waals surface area contributed by atoms with Crippen molar-refractivity contribution in [1.29, 1.82) is 0 Å². The first kappa shape index (κ1) is 17.6. The Morgan fingerprint density at radius 1 is 1.33 bits per heavy atom. The maximum absolute atomic E-state index is 11.9. The van der Waals surface area contributed by atoms with Crippen LogP contribution in [-0.4, -0.2) is 40.3 Å². The molecule has 1 rings (SSSR count). The summed E-state index contributed by atoms with van der Waals surface area (Å²) in [4.78, 5) is 12.1. The Labute approximate surface area is 125 Å². The van der Waals surface area contributed by atoms with E-state index in [-0.39, 0.29) is 16.8 Å². The maximum Gasteiger partial charge on any atom is 0.237 e. The quantitative estimate of drug-likeness (QED) is 0.769. The molecule has 0 heterocycles. The first-order valence-corrected chi connectivity index (χ1v) is 8.49. The van der Waals surface area contributed by atoms with Crippen molar-refractivity contribution < 1.29 is 17.9 Å². The summed E-state index contributed by atoms with van der Waals surface area (Å²) in [5, 5.41) is 2.79. The van der Waals surface area contributed by atoms with E-state index in [9.17, 15) is 13.2 Å². The van der Waals surface area contributed by atoms with Gasteiger partial charge in [-0.25, -0.2) is 8.42 Å². The first-order valence-electron chi connectivity index (χ1n) is 6.60. The van der Waals surface area contributed by atoms with Gasteiger partial charge in [-0.1, -0.05) is 12.1 Å². The minimum atomic E-state index is -3.21. The van der Waals surface area contributed by atoms with Gasteiger partial charge in [0.1, 0.15) is 0 Å². The SMILES string of the molecule is COCCC(N)C(=O)NC(C)c1ccc(S(C)(=O)=O)cc1. The standard InChI is InChI=1S/C14H22N2O4S/c1-10(16-14(17)13(15)8-9-20-2)11-4-6-12(7-5-11)21(3,18)19/h4-7,10,13H,8-9,15H2,1-3H3,(H,16,17). The van der Waals surface area contributed by atoms with Gasteiger partial charge in [-0.3, -0.25) is 4.79 Å². The third-order valence-electron chi connectivity index (χ3n) is 3.14. The number of carbonyl (C=O) groups is 1. The maximum atomic E-state index is 11.9. The summed E-state index contributed by atoms with van der Waals surface area (Å²) in [7, 11) is -1.66. The third-order valence-corrected chi connectivity index (χ3v) is 4.27. The lowest BCUT2D eigenvalue weighted by molar-refractivity contribution is -0.123. The molecule has 2 unspecified atom stereocenters. The highest BCUT2D eigenvalue weighted by Crippen LogP contribution is 2.16. The van der Waals surface area contributed by atoms with Gasteiger partial charge in [0.2, 0.25) is 5.91 Å². The summed E-state index contributed by atoms with van der Waals surface area (Å²) in [6.45, 7) is 2.24. The fourth-order valence-corrected chi connectivity index (χ4v) is 2.41. The largest absolute Gasteiger partial charge is 0.385 e. The van der Waals surface area contributed by atoms with Crippen molar-refractivity contribution in [1.82, 2.24) is 5.32 Å². The zero-order valence-electron chi connectivity index (χ0n) is 12.5. The second kappa shape index (κ2) is 7.53. The molecule has 7 heteroatoms. The Morgan fingerprint density at radius 3 is 2.38 bits per heavy atom. The lowest BCUT2D eigenvalue weighted by Crippen LogP contribution is -2.42. The van der Waals surface area contributed by atoms with Crippen molar-refractivity contribution in [3.63, 3.8) is 0 Å². The molecule has 0 spiro atoms. The Balaban J connectivity index is 2.67. The van der Waals surface area contributed by atoms with E-state index in [1.165, 1.54) is 12.1 Å². The van der Waals surface area contributed by atoms with Crippen molar-refractivity contribution in [2.45, 2.75) is 30.3 Å². The number of methoxy groups -OCH3 is 1. The molecule has 0 radical (unpaired) electrons. The van der Waals surface area contributed by atoms with Crippen molar-refractivity contribution >= 4 is 15.7 Å². The van der Waals surface area contributed by atoms with Crippen molar-refractivity contribution in [2.75, 3.05) is 20.0 Å². The van der Waals surface area contributed by atoms with Crippen molar-refractivity contribution in [3.8, 4) is 0 Å². The molecule has 1 aromatic carbocycles. The summed E-state index contributed by atoms with van der Waals surface area (Å²) in [5.74, 6) is -0.258. The predicted octanol–water partition coefficient (Wildman–Crippen LogP) is 0.631. The van der Waals surface area contributed by atoms with Gasteiger partial charge < -0.3 is 15.8 Å². The molecular weight excluding hydrogens is 292 g/mol. The van der Waals surface area contributed by atoms with Crippen LogP contribution in [0.5, 0.6) is 0 Å². The first-order chi connectivity index (χ1) is 9.75. The van der Waals surface area contributed by atoms with Gasteiger partial charge in [-0.15, -0.1) is 0 Å². The van der Waals surface area contributed by atoms with Crippen LogP contribution in [0.4, 0.5) is 0 Å². The van der Waals surface area contributed by atoms with Gasteiger partial charge in [0, 0.05) is 20.0 Å². The average molecular weight is 314 g/mol. The van der Waals surface area contributed by atoms with Crippen LogP contribution in [0.3, 0.4) is 0 Å². The highest BCUT2D eigenvalue weighted by molar-refractivity contribution is 7.90. The monoisotopic (exact) mass is 314 g/mol. The van der Waals surface area contributed by atoms with E-state index in [0.29, 0.717) is 13.0 Å². The second-order valence-corrected chi connectivity index (χ2v) is 6.98. The molecule has 6 nitrogen and oxygen atoms in total. The van der Waals surface area contributed by atoms with Gasteiger partial charge >= 0.3 is 0 Å². The highest BCUT2D eigenvalue weighted by atomic mass is 32.2. The molecule has 1 aromatic rings. The summed E-state index contributed by atoms with van der Waals surface area (Å²) in [5.41, 5.74) is 6.55. The number of carbonyl (C=O) groups excluding carboxylic acids is 1. The van der Waals surface area contributed by atoms with Crippen molar-refractivity contribution in [3.05, 3.63) is 29.8 Å². The zero-order valence-corrected chi connectivity index (χ0v) is 13.3. The number of ether oxygens (including phenoxy) is 1. The van der Waals surface area contributed by atoms with E-state index in [2.05, 4.69) is 5.32 Å². The molecule has 0 saturated heterocycles. The molecule has 0 bridgehead atoms. The summed E-state index contributed by atoms with van der Waals surface area (Å²) >= 11 is 0. The fourth-order valence-electron chi connectivity index (χ4n) is 1.78. The normalized spacial score (nSPS) is 14.5. The summed E-state index contributed by atoms with van der Waals surface area (Å²) in [6.07, 6.45) is 1.60. The lowest BCUT2D eigenvalue weighted by atomic mass is 10.1. The van der Waals surface area contributed by atoms with Crippen molar-refractivity contribution in [2.24, 2.45) is 5.73 Å². The van der Waals surface area contributed by atoms with E-state index in [0.717, 1.165) is 11.8 Å². The number of hydrogen-bond acceptors (Lipinski definition) is 5. The van der Waals surface area contributed by atoms with Crippen LogP contribution in [0.15, 0.2) is 29.2 Å². The Kier molecular flexibility index (Phi) is 6.32. The summed E-state index contributed by atoms with van der Waals surface area (Å²) in [6, 6.07) is 5.54. The molecule has 21 heavy (non-hydrogen) atoms. The number of nitrogens with two attached hydrogens (primary N) is 1. The van der Waals surface area contributed by atoms with E-state index in [4.69, 9.17) is 10.5 Å². The Bertz CT molecular complexity index is 569. The van der Waals surface area contributed by atoms with Crippen LogP contribution in [-0.2, 0) is 19.4 Å². The van der Waals surface area contributed by atoms with Gasteiger partial charge in [-0.05, 0) is 31.0 Å². The number of sulfone groups is 1. The van der Waals surface area contributed by atoms with Gasteiger partial charge in [-0.2, -0.15) is 0 Å². The molecule has 0 aliphatic rings. The van der Waals surface area contributed by atoms with Crippen LogP contribution in [0.25, 0.3) is 0 Å². The molecule has 2 atom stereocenters. The number of nitrogens with one attached hydrogen (secondary N) is 1. The number of hydrogen-bond donors (Lipinski definition) is 2. The number of benzene rings is 1. The van der Waals surface area contributed by atoms with E-state index in [1.54, 1.807) is 19.2 Å². The van der Waals surface area contributed by atoms with Crippen LogP contribution < -0.4 is 11.1 Å². The molecule has 0 saturated carbocycles. The van der Waals surface area contributed by atoms with Crippen LogP contribution in [0, 0.1) is 0 Å². The predicted molar refractivity (Wildman–Crippen MR) is 80.6 cm³/mol. The Hall–Kier alpha value is -1.44. The topological polar surface area (TPSA) is 98.5 Å². The average Bonchev–Trinajstić information content (AvgIpc) is 2.43. The second-order valence-electron chi connectivity index (χ2n) is 4.96. The molecule has 0 fully saturated rings. The van der Waals surface area contributed by atoms with Gasteiger partial charge in [0.05, 0.1) is 17.0 Å². The van der Waals surface area contributed by atoms with Crippen LogP contribution in [0.2, 0.25) is 0 Å². The molecule has 1 amide bonds. The lowest BCUT2D eigenvalue weighted by Gasteiger charge is -2.18. The minimum Gasteiger partial charge on any atom is -0.385 e. The number of rotatable bonds is 7. The fraction of sp³-hybridized carbons (Fsp3) is 0.500. The van der Waals surface area contributed by atoms with Crippen LogP contribution in [0.1, 0.15) is 24.9 Å². The molecule has 118 valence electrons. The summed E-state index contributed by atoms with van der Waals surface area (Å²) < 4.78 is 27.6. The smallest absolute Gasteiger partial charge is 0.237 e. The third kappa shape index (κ3) is 5.45.